The van der Waals surface area contributed by atoms with Crippen molar-refractivity contribution in [2.24, 2.45) is 0 Å². The smallest absolute Gasteiger partial charge is 0.423 e. The standard InChI is InChI=1S/C12H15BFNO3/c14-11-5-4-9(13(17)18)8-10(11)12(16)15-6-2-1-3-7-15/h4-5,8,17-18H,1-3,6-7H2. The Bertz CT molecular complexity index is 447. The van der Waals surface area contributed by atoms with E-state index in [2.05, 4.69) is 0 Å². The molecule has 4 nitrogen and oxygen atoms in total. The minimum Gasteiger partial charge on any atom is -0.423 e. The van der Waals surface area contributed by atoms with Gasteiger partial charge in [0.2, 0.25) is 0 Å². The molecule has 1 amide bonds. The third-order valence-electron chi connectivity index (χ3n) is 3.16. The molecule has 1 aliphatic rings. The maximum Gasteiger partial charge on any atom is 0.488 e. The van der Waals surface area contributed by atoms with E-state index in [9.17, 15) is 9.18 Å². The van der Waals surface area contributed by atoms with E-state index in [0.717, 1.165) is 25.3 Å². The molecule has 0 radical (unpaired) electrons. The second-order valence-corrected chi connectivity index (χ2v) is 4.47. The summed E-state index contributed by atoms with van der Waals surface area (Å²) in [6.07, 6.45) is 2.94. The van der Waals surface area contributed by atoms with Gasteiger partial charge in [0.1, 0.15) is 5.82 Å². The van der Waals surface area contributed by atoms with E-state index < -0.39 is 12.9 Å². The average molecular weight is 251 g/mol. The van der Waals surface area contributed by atoms with Gasteiger partial charge in [0.25, 0.3) is 5.91 Å². The van der Waals surface area contributed by atoms with E-state index in [0.29, 0.717) is 13.1 Å². The van der Waals surface area contributed by atoms with Gasteiger partial charge in [-0.3, -0.25) is 4.79 Å². The quantitative estimate of drug-likeness (QED) is 0.734. The number of hydrogen-bond donors (Lipinski definition) is 2. The van der Waals surface area contributed by atoms with Gasteiger partial charge in [-0.25, -0.2) is 4.39 Å². The van der Waals surface area contributed by atoms with Crippen LogP contribution in [0.15, 0.2) is 18.2 Å². The summed E-state index contributed by atoms with van der Waals surface area (Å²) in [7, 11) is -1.70. The maximum absolute atomic E-state index is 13.6. The second kappa shape index (κ2) is 5.50. The molecule has 0 unspecified atom stereocenters. The van der Waals surface area contributed by atoms with Crippen LogP contribution in [0.2, 0.25) is 0 Å². The molecule has 96 valence electrons. The van der Waals surface area contributed by atoms with E-state index >= 15 is 0 Å². The van der Waals surface area contributed by atoms with Crippen LogP contribution in [0.25, 0.3) is 0 Å². The van der Waals surface area contributed by atoms with Crippen molar-refractivity contribution in [2.75, 3.05) is 13.1 Å². The lowest BCUT2D eigenvalue weighted by atomic mass is 9.79. The van der Waals surface area contributed by atoms with Gasteiger partial charge in [-0.15, -0.1) is 0 Å². The zero-order chi connectivity index (χ0) is 13.1. The number of rotatable bonds is 2. The number of amides is 1. The number of piperidine rings is 1. The predicted molar refractivity (Wildman–Crippen MR) is 66.0 cm³/mol. The van der Waals surface area contributed by atoms with Crippen molar-refractivity contribution >= 4 is 18.5 Å². The minimum absolute atomic E-state index is 0.0949. The number of nitrogens with zero attached hydrogens (tertiary/aromatic N) is 1. The maximum atomic E-state index is 13.6. The Hall–Kier alpha value is -1.40. The molecule has 1 saturated heterocycles. The van der Waals surface area contributed by atoms with Crippen LogP contribution in [0.1, 0.15) is 29.6 Å². The minimum atomic E-state index is -1.70. The number of halogens is 1. The first-order valence-corrected chi connectivity index (χ1v) is 6.04. The van der Waals surface area contributed by atoms with Crippen LogP contribution in [-0.4, -0.2) is 41.1 Å². The van der Waals surface area contributed by atoms with E-state index in [1.165, 1.54) is 12.1 Å². The molecule has 1 aromatic carbocycles. The van der Waals surface area contributed by atoms with Crippen LogP contribution < -0.4 is 5.46 Å². The first-order valence-electron chi connectivity index (χ1n) is 6.04. The molecule has 0 spiro atoms. The first-order chi connectivity index (χ1) is 8.59. The number of hydrogen-bond acceptors (Lipinski definition) is 3. The molecule has 1 fully saturated rings. The highest BCUT2D eigenvalue weighted by atomic mass is 19.1. The van der Waals surface area contributed by atoms with Crippen LogP contribution in [0.5, 0.6) is 0 Å². The topological polar surface area (TPSA) is 60.8 Å². The summed E-state index contributed by atoms with van der Waals surface area (Å²) in [5.74, 6) is -1.01. The van der Waals surface area contributed by atoms with Crippen molar-refractivity contribution in [3.63, 3.8) is 0 Å². The van der Waals surface area contributed by atoms with Crippen LogP contribution >= 0.6 is 0 Å². The van der Waals surface area contributed by atoms with Crippen molar-refractivity contribution in [3.05, 3.63) is 29.6 Å². The van der Waals surface area contributed by atoms with Gasteiger partial charge in [0.05, 0.1) is 5.56 Å². The van der Waals surface area contributed by atoms with Crippen molar-refractivity contribution < 1.29 is 19.2 Å². The molecule has 0 aliphatic carbocycles. The number of carbonyl (C=O) groups excluding carboxylic acids is 1. The highest BCUT2D eigenvalue weighted by molar-refractivity contribution is 6.58. The summed E-state index contributed by atoms with van der Waals surface area (Å²) in [6, 6.07) is 3.55. The fourth-order valence-corrected chi connectivity index (χ4v) is 2.13. The normalized spacial score (nSPS) is 15.6. The van der Waals surface area contributed by atoms with Crippen LogP contribution in [0.3, 0.4) is 0 Å². The van der Waals surface area contributed by atoms with Gasteiger partial charge in [0.15, 0.2) is 0 Å². The van der Waals surface area contributed by atoms with Crippen LogP contribution in [0, 0.1) is 5.82 Å². The fraction of sp³-hybridized carbons (Fsp3) is 0.417. The highest BCUT2D eigenvalue weighted by Gasteiger charge is 2.23. The summed E-state index contributed by atoms with van der Waals surface area (Å²) >= 11 is 0. The number of benzene rings is 1. The van der Waals surface area contributed by atoms with Crippen molar-refractivity contribution in [3.8, 4) is 0 Å². The number of carbonyl (C=O) groups is 1. The second-order valence-electron chi connectivity index (χ2n) is 4.47. The monoisotopic (exact) mass is 251 g/mol. The molecule has 0 aromatic heterocycles. The molecule has 2 rings (SSSR count). The largest absolute Gasteiger partial charge is 0.488 e. The molecule has 2 N–H and O–H groups in total. The Labute approximate surface area is 105 Å². The van der Waals surface area contributed by atoms with E-state index in [1.807, 2.05) is 0 Å². The molecule has 1 heterocycles. The molecule has 1 aromatic rings. The van der Waals surface area contributed by atoms with Gasteiger partial charge in [-0.2, -0.15) is 0 Å². The predicted octanol–water partition coefficient (Wildman–Crippen LogP) is 0.132. The van der Waals surface area contributed by atoms with Crippen LogP contribution in [0.4, 0.5) is 4.39 Å². The fourth-order valence-electron chi connectivity index (χ4n) is 2.13. The molecule has 1 aliphatic heterocycles. The van der Waals surface area contributed by atoms with E-state index in [4.69, 9.17) is 10.0 Å². The van der Waals surface area contributed by atoms with Crippen LogP contribution in [-0.2, 0) is 0 Å². The SMILES string of the molecule is O=C(c1cc(B(O)O)ccc1F)N1CCCCC1. The van der Waals surface area contributed by atoms with Gasteiger partial charge < -0.3 is 14.9 Å². The third-order valence-corrected chi connectivity index (χ3v) is 3.16. The van der Waals surface area contributed by atoms with Gasteiger partial charge in [0, 0.05) is 13.1 Å². The Kier molecular flexibility index (Phi) is 3.99. The summed E-state index contributed by atoms with van der Waals surface area (Å²) in [4.78, 5) is 13.7. The lowest BCUT2D eigenvalue weighted by Crippen LogP contribution is -2.37. The molecule has 6 heteroatoms. The summed E-state index contributed by atoms with van der Waals surface area (Å²) in [6.45, 7) is 1.26. The molecule has 0 bridgehead atoms. The summed E-state index contributed by atoms with van der Waals surface area (Å²) in [5.41, 5.74) is 0.0271. The van der Waals surface area contributed by atoms with Gasteiger partial charge >= 0.3 is 7.12 Å². The molecule has 18 heavy (non-hydrogen) atoms. The zero-order valence-corrected chi connectivity index (χ0v) is 9.97. The Morgan fingerprint density at radius 2 is 1.89 bits per heavy atom. The first kappa shape index (κ1) is 13.0. The lowest BCUT2D eigenvalue weighted by Gasteiger charge is -2.27. The highest BCUT2D eigenvalue weighted by Crippen LogP contribution is 2.14. The molecular formula is C12H15BFNO3. The van der Waals surface area contributed by atoms with E-state index in [1.54, 1.807) is 4.90 Å². The summed E-state index contributed by atoms with van der Waals surface area (Å²) < 4.78 is 13.6. The number of likely N-dealkylation sites (tertiary alicyclic amines) is 1. The average Bonchev–Trinajstić information content (AvgIpc) is 2.39. The Morgan fingerprint density at radius 1 is 1.22 bits per heavy atom. The molecule has 0 saturated carbocycles. The van der Waals surface area contributed by atoms with Crippen molar-refractivity contribution in [2.45, 2.75) is 19.3 Å². The van der Waals surface area contributed by atoms with Gasteiger partial charge in [-0.1, -0.05) is 6.07 Å². The summed E-state index contributed by atoms with van der Waals surface area (Å²) in [5, 5.41) is 18.1. The van der Waals surface area contributed by atoms with Gasteiger partial charge in [-0.05, 0) is 36.9 Å². The Balaban J connectivity index is 2.25. The molecule has 0 atom stereocenters. The third kappa shape index (κ3) is 2.71. The van der Waals surface area contributed by atoms with Crippen molar-refractivity contribution in [1.82, 2.24) is 4.90 Å². The lowest BCUT2D eigenvalue weighted by molar-refractivity contribution is 0.0719. The van der Waals surface area contributed by atoms with Crippen molar-refractivity contribution in [1.29, 1.82) is 0 Å². The zero-order valence-electron chi connectivity index (χ0n) is 9.97. The molecular weight excluding hydrogens is 236 g/mol. The van der Waals surface area contributed by atoms with E-state index in [-0.39, 0.29) is 16.9 Å². The Morgan fingerprint density at radius 3 is 2.50 bits per heavy atom.